The fourth-order valence-corrected chi connectivity index (χ4v) is 1.50. The highest BCUT2D eigenvalue weighted by Crippen LogP contribution is 2.14. The molecule has 1 aromatic carbocycles. The summed E-state index contributed by atoms with van der Waals surface area (Å²) in [5, 5.41) is 0.705. The van der Waals surface area contributed by atoms with Gasteiger partial charge in [0.15, 0.2) is 0 Å². The van der Waals surface area contributed by atoms with Crippen molar-refractivity contribution in [1.82, 2.24) is 9.97 Å². The number of hydrogen-bond donors (Lipinski definition) is 1. The van der Waals surface area contributed by atoms with Crippen LogP contribution in [0.4, 0.5) is 5.82 Å². The molecule has 4 nitrogen and oxygen atoms in total. The Hall–Kier alpha value is -1.81. The lowest BCUT2D eigenvalue weighted by atomic mass is 10.2. The third-order valence-electron chi connectivity index (χ3n) is 2.13. The quantitative estimate of drug-likeness (QED) is 0.908. The van der Waals surface area contributed by atoms with Crippen LogP contribution < -0.4 is 10.5 Å². The van der Waals surface area contributed by atoms with E-state index in [1.165, 1.54) is 0 Å². The fourth-order valence-electron chi connectivity index (χ4n) is 1.37. The molecule has 88 valence electrons. The summed E-state index contributed by atoms with van der Waals surface area (Å²) in [6.07, 6.45) is 0. The molecule has 1 aromatic heterocycles. The Bertz CT molecular complexity index is 493. The highest BCUT2D eigenvalue weighted by molar-refractivity contribution is 6.30. The minimum Gasteiger partial charge on any atom is -0.473 e. The summed E-state index contributed by atoms with van der Waals surface area (Å²) in [5.74, 6) is 1.48. The summed E-state index contributed by atoms with van der Waals surface area (Å²) in [7, 11) is 0. The predicted molar refractivity (Wildman–Crippen MR) is 67.0 cm³/mol. The molecule has 0 bridgehead atoms. The standard InChI is InChI=1S/C12H12ClN3O/c1-8-15-11(14)6-12(16-8)17-7-9-2-4-10(13)5-3-9/h2-6H,7H2,1H3,(H2,14,15,16). The molecule has 0 aliphatic carbocycles. The molecular weight excluding hydrogens is 238 g/mol. The fraction of sp³-hybridized carbons (Fsp3) is 0.167. The lowest BCUT2D eigenvalue weighted by molar-refractivity contribution is 0.293. The number of ether oxygens (including phenoxy) is 1. The van der Waals surface area contributed by atoms with Crippen LogP contribution in [-0.4, -0.2) is 9.97 Å². The first kappa shape index (κ1) is 11.7. The van der Waals surface area contributed by atoms with Crippen molar-refractivity contribution in [3.8, 4) is 5.88 Å². The summed E-state index contributed by atoms with van der Waals surface area (Å²) in [5.41, 5.74) is 6.62. The zero-order valence-electron chi connectivity index (χ0n) is 9.35. The van der Waals surface area contributed by atoms with Crippen LogP contribution in [0, 0.1) is 6.92 Å². The van der Waals surface area contributed by atoms with Gasteiger partial charge in [0.05, 0.1) is 0 Å². The van der Waals surface area contributed by atoms with E-state index < -0.39 is 0 Å². The minimum atomic E-state index is 0.406. The summed E-state index contributed by atoms with van der Waals surface area (Å²) in [4.78, 5) is 8.10. The molecule has 0 aliphatic rings. The molecule has 0 amide bonds. The highest BCUT2D eigenvalue weighted by atomic mass is 35.5. The van der Waals surface area contributed by atoms with Gasteiger partial charge in [-0.25, -0.2) is 4.98 Å². The molecule has 1 heterocycles. The number of nitrogens with two attached hydrogens (primary N) is 1. The van der Waals surface area contributed by atoms with Crippen molar-refractivity contribution in [2.45, 2.75) is 13.5 Å². The number of rotatable bonds is 3. The van der Waals surface area contributed by atoms with Crippen molar-refractivity contribution < 1.29 is 4.74 Å². The summed E-state index contributed by atoms with van der Waals surface area (Å²) < 4.78 is 5.52. The average Bonchev–Trinajstić information content (AvgIpc) is 2.27. The molecule has 2 N–H and O–H groups in total. The smallest absolute Gasteiger partial charge is 0.219 e. The molecule has 2 rings (SSSR count). The number of halogens is 1. The molecular formula is C12H12ClN3O. The van der Waals surface area contributed by atoms with Crippen molar-refractivity contribution >= 4 is 17.4 Å². The van der Waals surface area contributed by atoms with E-state index in [1.807, 2.05) is 24.3 Å². The van der Waals surface area contributed by atoms with Gasteiger partial charge in [-0.3, -0.25) is 0 Å². The lowest BCUT2D eigenvalue weighted by Gasteiger charge is -2.06. The molecule has 17 heavy (non-hydrogen) atoms. The van der Waals surface area contributed by atoms with E-state index in [9.17, 15) is 0 Å². The van der Waals surface area contributed by atoms with Crippen molar-refractivity contribution in [2.75, 3.05) is 5.73 Å². The molecule has 0 radical (unpaired) electrons. The Morgan fingerprint density at radius 3 is 2.59 bits per heavy atom. The van der Waals surface area contributed by atoms with E-state index in [0.29, 0.717) is 29.2 Å². The summed E-state index contributed by atoms with van der Waals surface area (Å²) >= 11 is 5.79. The first-order chi connectivity index (χ1) is 8.13. The van der Waals surface area contributed by atoms with E-state index in [1.54, 1.807) is 13.0 Å². The third kappa shape index (κ3) is 3.32. The Morgan fingerprint density at radius 2 is 1.94 bits per heavy atom. The van der Waals surface area contributed by atoms with Crippen LogP contribution in [0.3, 0.4) is 0 Å². The Morgan fingerprint density at radius 1 is 1.24 bits per heavy atom. The van der Waals surface area contributed by atoms with E-state index >= 15 is 0 Å². The van der Waals surface area contributed by atoms with E-state index in [0.717, 1.165) is 5.56 Å². The van der Waals surface area contributed by atoms with Crippen molar-refractivity contribution in [1.29, 1.82) is 0 Å². The number of benzene rings is 1. The van der Waals surface area contributed by atoms with Gasteiger partial charge in [0.2, 0.25) is 5.88 Å². The molecule has 2 aromatic rings. The molecule has 0 fully saturated rings. The number of anilines is 1. The second-order valence-electron chi connectivity index (χ2n) is 3.59. The SMILES string of the molecule is Cc1nc(N)cc(OCc2ccc(Cl)cc2)n1. The van der Waals surface area contributed by atoms with Crippen LogP contribution in [0.5, 0.6) is 5.88 Å². The maximum Gasteiger partial charge on any atom is 0.219 e. The van der Waals surface area contributed by atoms with Gasteiger partial charge in [-0.1, -0.05) is 23.7 Å². The summed E-state index contributed by atoms with van der Waals surface area (Å²) in [6, 6.07) is 9.04. The van der Waals surface area contributed by atoms with Gasteiger partial charge >= 0.3 is 0 Å². The van der Waals surface area contributed by atoms with Crippen LogP contribution in [0.25, 0.3) is 0 Å². The monoisotopic (exact) mass is 249 g/mol. The molecule has 0 atom stereocenters. The minimum absolute atomic E-state index is 0.406. The van der Waals surface area contributed by atoms with Crippen LogP contribution in [0.15, 0.2) is 30.3 Å². The Kier molecular flexibility index (Phi) is 3.44. The van der Waals surface area contributed by atoms with E-state index in [2.05, 4.69) is 9.97 Å². The number of aryl methyl sites for hydroxylation is 1. The number of nitrogens with zero attached hydrogens (tertiary/aromatic N) is 2. The van der Waals surface area contributed by atoms with E-state index in [4.69, 9.17) is 22.1 Å². The van der Waals surface area contributed by atoms with E-state index in [-0.39, 0.29) is 0 Å². The van der Waals surface area contributed by atoms with Gasteiger partial charge in [0.1, 0.15) is 18.2 Å². The maximum absolute atomic E-state index is 5.79. The average molecular weight is 250 g/mol. The van der Waals surface area contributed by atoms with Gasteiger partial charge < -0.3 is 10.5 Å². The second-order valence-corrected chi connectivity index (χ2v) is 4.03. The topological polar surface area (TPSA) is 61.0 Å². The van der Waals surface area contributed by atoms with Crippen LogP contribution in [0.2, 0.25) is 5.02 Å². The number of nitrogen functional groups attached to an aromatic ring is 1. The number of hydrogen-bond acceptors (Lipinski definition) is 4. The molecule has 0 unspecified atom stereocenters. The molecule has 0 saturated heterocycles. The highest BCUT2D eigenvalue weighted by Gasteiger charge is 2.01. The zero-order chi connectivity index (χ0) is 12.3. The normalized spacial score (nSPS) is 10.2. The van der Waals surface area contributed by atoms with Gasteiger partial charge in [-0.05, 0) is 24.6 Å². The summed E-state index contributed by atoms with van der Waals surface area (Å²) in [6.45, 7) is 2.19. The van der Waals surface area contributed by atoms with Crippen LogP contribution >= 0.6 is 11.6 Å². The zero-order valence-corrected chi connectivity index (χ0v) is 10.1. The lowest BCUT2D eigenvalue weighted by Crippen LogP contribution is -2.01. The predicted octanol–water partition coefficient (Wildman–Crippen LogP) is 2.60. The second kappa shape index (κ2) is 5.01. The van der Waals surface area contributed by atoms with Gasteiger partial charge in [0, 0.05) is 11.1 Å². The van der Waals surface area contributed by atoms with Gasteiger partial charge in [-0.2, -0.15) is 4.98 Å². The molecule has 0 saturated carbocycles. The molecule has 0 aliphatic heterocycles. The Balaban J connectivity index is 2.04. The van der Waals surface area contributed by atoms with Gasteiger partial charge in [0.25, 0.3) is 0 Å². The Labute approximate surface area is 104 Å². The number of aromatic nitrogens is 2. The largest absolute Gasteiger partial charge is 0.473 e. The van der Waals surface area contributed by atoms with Crippen molar-refractivity contribution in [3.63, 3.8) is 0 Å². The third-order valence-corrected chi connectivity index (χ3v) is 2.39. The van der Waals surface area contributed by atoms with Crippen molar-refractivity contribution in [2.24, 2.45) is 0 Å². The first-order valence-electron chi connectivity index (χ1n) is 5.12. The van der Waals surface area contributed by atoms with Crippen LogP contribution in [-0.2, 0) is 6.61 Å². The molecule has 0 spiro atoms. The molecule has 5 heteroatoms. The van der Waals surface area contributed by atoms with Crippen molar-refractivity contribution in [3.05, 3.63) is 46.7 Å². The van der Waals surface area contributed by atoms with Gasteiger partial charge in [-0.15, -0.1) is 0 Å². The maximum atomic E-state index is 5.79. The first-order valence-corrected chi connectivity index (χ1v) is 5.50. The van der Waals surface area contributed by atoms with Crippen LogP contribution in [0.1, 0.15) is 11.4 Å².